The first-order valence-electron chi connectivity index (χ1n) is 5.63. The summed E-state index contributed by atoms with van der Waals surface area (Å²) in [6.45, 7) is 0.263. The van der Waals surface area contributed by atoms with E-state index in [9.17, 15) is 22.9 Å². The van der Waals surface area contributed by atoms with E-state index in [0.717, 1.165) is 16.4 Å². The molecule has 2 rings (SSSR count). The van der Waals surface area contributed by atoms with Crippen molar-refractivity contribution in [2.24, 2.45) is 5.73 Å². The van der Waals surface area contributed by atoms with Crippen LogP contribution in [-0.2, 0) is 14.8 Å². The van der Waals surface area contributed by atoms with Gasteiger partial charge >= 0.3 is 5.69 Å². The fraction of sp³-hybridized carbons (Fsp3) is 0.400. The molecule has 1 aliphatic heterocycles. The van der Waals surface area contributed by atoms with Crippen molar-refractivity contribution < 1.29 is 22.5 Å². The quantitative estimate of drug-likeness (QED) is 0.622. The maximum absolute atomic E-state index is 13.5. The number of morpholine rings is 1. The summed E-state index contributed by atoms with van der Waals surface area (Å²) in [5.74, 6) is -1.21. The standard InChI is InChI=1S/C10H12FN3O5S/c11-8-5-7(1-2-9(8)14(15)16)20(17,18)13-3-4-19-6-10(13)12/h1-2,5,10H,3-4,6,12H2. The second-order valence-corrected chi connectivity index (χ2v) is 6.02. The third-order valence-electron chi connectivity index (χ3n) is 2.84. The predicted molar refractivity (Wildman–Crippen MR) is 65.7 cm³/mol. The molecule has 1 aromatic rings. The van der Waals surface area contributed by atoms with Crippen LogP contribution in [0.1, 0.15) is 0 Å². The van der Waals surface area contributed by atoms with Gasteiger partial charge in [0, 0.05) is 18.7 Å². The van der Waals surface area contributed by atoms with Crippen LogP contribution in [0.25, 0.3) is 0 Å². The number of nitrogens with zero attached hydrogens (tertiary/aromatic N) is 2. The van der Waals surface area contributed by atoms with Gasteiger partial charge in [-0.25, -0.2) is 8.42 Å². The molecule has 0 aromatic heterocycles. The Balaban J connectivity index is 2.39. The summed E-state index contributed by atoms with van der Waals surface area (Å²) >= 11 is 0. The number of nitro benzene ring substituents is 1. The van der Waals surface area contributed by atoms with Crippen LogP contribution in [0.2, 0.25) is 0 Å². The third kappa shape index (κ3) is 2.63. The Morgan fingerprint density at radius 1 is 1.50 bits per heavy atom. The van der Waals surface area contributed by atoms with Crippen LogP contribution in [0.5, 0.6) is 0 Å². The number of hydrogen-bond donors (Lipinski definition) is 1. The van der Waals surface area contributed by atoms with Gasteiger partial charge in [-0.3, -0.25) is 10.1 Å². The Hall–Kier alpha value is -1.62. The number of benzene rings is 1. The van der Waals surface area contributed by atoms with Crippen molar-refractivity contribution in [3.05, 3.63) is 34.1 Å². The Labute approximate surface area is 114 Å². The number of ether oxygens (including phenoxy) is 1. The zero-order chi connectivity index (χ0) is 14.9. The van der Waals surface area contributed by atoms with E-state index >= 15 is 0 Å². The first kappa shape index (κ1) is 14.8. The van der Waals surface area contributed by atoms with Crippen molar-refractivity contribution in [2.75, 3.05) is 19.8 Å². The van der Waals surface area contributed by atoms with Gasteiger partial charge in [0.2, 0.25) is 15.8 Å². The highest BCUT2D eigenvalue weighted by molar-refractivity contribution is 7.89. The van der Waals surface area contributed by atoms with Crippen molar-refractivity contribution in [3.63, 3.8) is 0 Å². The molecule has 1 saturated heterocycles. The summed E-state index contributed by atoms with van der Waals surface area (Å²) < 4.78 is 44.1. The van der Waals surface area contributed by atoms with Crippen LogP contribution in [0, 0.1) is 15.9 Å². The van der Waals surface area contributed by atoms with Gasteiger partial charge in [0.25, 0.3) is 0 Å². The molecule has 8 nitrogen and oxygen atoms in total. The predicted octanol–water partition coefficient (Wildman–Crippen LogP) is 0.0396. The average Bonchev–Trinajstić information content (AvgIpc) is 2.38. The van der Waals surface area contributed by atoms with E-state index in [1.165, 1.54) is 0 Å². The summed E-state index contributed by atoms with van der Waals surface area (Å²) in [7, 11) is -4.01. The number of halogens is 1. The molecule has 1 aromatic carbocycles. The van der Waals surface area contributed by atoms with Gasteiger partial charge in [-0.05, 0) is 6.07 Å². The highest BCUT2D eigenvalue weighted by Gasteiger charge is 2.33. The monoisotopic (exact) mass is 305 g/mol. The van der Waals surface area contributed by atoms with E-state index in [1.807, 2.05) is 0 Å². The molecule has 0 amide bonds. The molecule has 1 aliphatic rings. The van der Waals surface area contributed by atoms with E-state index in [1.54, 1.807) is 0 Å². The van der Waals surface area contributed by atoms with Crippen molar-refractivity contribution in [2.45, 2.75) is 11.1 Å². The summed E-state index contributed by atoms with van der Waals surface area (Å²) in [4.78, 5) is 9.20. The second kappa shape index (κ2) is 5.40. The summed E-state index contributed by atoms with van der Waals surface area (Å²) in [5.41, 5.74) is 4.86. The summed E-state index contributed by atoms with van der Waals surface area (Å²) in [5, 5.41) is 10.5. The SMILES string of the molecule is NC1COCCN1S(=O)(=O)c1ccc([N+](=O)[O-])c(F)c1. The largest absolute Gasteiger partial charge is 0.377 e. The first-order chi connectivity index (χ1) is 9.34. The van der Waals surface area contributed by atoms with Crippen LogP contribution in [-0.4, -0.2) is 43.6 Å². The minimum Gasteiger partial charge on any atom is -0.377 e. The summed E-state index contributed by atoms with van der Waals surface area (Å²) in [6, 6.07) is 2.42. The molecule has 0 radical (unpaired) electrons. The molecule has 20 heavy (non-hydrogen) atoms. The highest BCUT2D eigenvalue weighted by Crippen LogP contribution is 2.24. The minimum absolute atomic E-state index is 0.0364. The zero-order valence-electron chi connectivity index (χ0n) is 10.2. The highest BCUT2D eigenvalue weighted by atomic mass is 32.2. The van der Waals surface area contributed by atoms with Crippen LogP contribution >= 0.6 is 0 Å². The fourth-order valence-electron chi connectivity index (χ4n) is 1.84. The molecule has 10 heteroatoms. The molecule has 0 aliphatic carbocycles. The van der Waals surface area contributed by atoms with Crippen molar-refractivity contribution in [3.8, 4) is 0 Å². The van der Waals surface area contributed by atoms with E-state index in [4.69, 9.17) is 10.5 Å². The Kier molecular flexibility index (Phi) is 3.99. The third-order valence-corrected chi connectivity index (χ3v) is 4.76. The lowest BCUT2D eigenvalue weighted by Gasteiger charge is -2.31. The van der Waals surface area contributed by atoms with Crippen molar-refractivity contribution >= 4 is 15.7 Å². The normalized spacial score (nSPS) is 20.8. The van der Waals surface area contributed by atoms with Crippen LogP contribution in [0.3, 0.4) is 0 Å². The molecule has 1 heterocycles. The van der Waals surface area contributed by atoms with E-state index in [-0.39, 0.29) is 24.7 Å². The molecule has 1 atom stereocenters. The zero-order valence-corrected chi connectivity index (χ0v) is 11.0. The van der Waals surface area contributed by atoms with Crippen LogP contribution in [0.15, 0.2) is 23.1 Å². The average molecular weight is 305 g/mol. The van der Waals surface area contributed by atoms with Gasteiger partial charge in [0.15, 0.2) is 0 Å². The van der Waals surface area contributed by atoms with Gasteiger partial charge in [0.05, 0.1) is 29.2 Å². The van der Waals surface area contributed by atoms with Gasteiger partial charge in [-0.1, -0.05) is 0 Å². The maximum atomic E-state index is 13.5. The van der Waals surface area contributed by atoms with E-state index < -0.39 is 32.6 Å². The number of nitrogens with two attached hydrogens (primary N) is 1. The topological polar surface area (TPSA) is 116 Å². The molecule has 2 N–H and O–H groups in total. The molecule has 0 spiro atoms. The Bertz CT molecular complexity index is 636. The molecular formula is C10H12FN3O5S. The number of sulfonamides is 1. The Morgan fingerprint density at radius 2 is 2.20 bits per heavy atom. The van der Waals surface area contributed by atoms with E-state index in [0.29, 0.717) is 6.07 Å². The maximum Gasteiger partial charge on any atom is 0.304 e. The number of rotatable bonds is 3. The molecule has 110 valence electrons. The van der Waals surface area contributed by atoms with Gasteiger partial charge < -0.3 is 10.5 Å². The molecule has 1 unspecified atom stereocenters. The number of hydrogen-bond acceptors (Lipinski definition) is 6. The Morgan fingerprint density at radius 3 is 2.75 bits per heavy atom. The van der Waals surface area contributed by atoms with Crippen molar-refractivity contribution in [1.29, 1.82) is 0 Å². The summed E-state index contributed by atoms with van der Waals surface area (Å²) in [6.07, 6.45) is -0.869. The van der Waals surface area contributed by atoms with Crippen molar-refractivity contribution in [1.82, 2.24) is 4.31 Å². The molecular weight excluding hydrogens is 293 g/mol. The van der Waals surface area contributed by atoms with Crippen LogP contribution < -0.4 is 5.73 Å². The molecule has 0 saturated carbocycles. The first-order valence-corrected chi connectivity index (χ1v) is 7.07. The fourth-order valence-corrected chi connectivity index (χ4v) is 3.33. The lowest BCUT2D eigenvalue weighted by molar-refractivity contribution is -0.387. The number of nitro groups is 1. The van der Waals surface area contributed by atoms with Gasteiger partial charge in [-0.15, -0.1) is 0 Å². The minimum atomic E-state index is -4.01. The van der Waals surface area contributed by atoms with Gasteiger partial charge in [0.1, 0.15) is 0 Å². The second-order valence-electron chi connectivity index (χ2n) is 4.13. The molecule has 1 fully saturated rings. The molecule has 0 bridgehead atoms. The van der Waals surface area contributed by atoms with Gasteiger partial charge in [-0.2, -0.15) is 8.70 Å². The van der Waals surface area contributed by atoms with E-state index in [2.05, 4.69) is 0 Å². The van der Waals surface area contributed by atoms with Crippen LogP contribution in [0.4, 0.5) is 10.1 Å². The smallest absolute Gasteiger partial charge is 0.304 e. The lowest BCUT2D eigenvalue weighted by Crippen LogP contribution is -2.53. The lowest BCUT2D eigenvalue weighted by atomic mass is 10.3.